The van der Waals surface area contributed by atoms with Crippen LogP contribution in [0, 0.1) is 18.3 Å². The number of ether oxygens (including phenoxy) is 3. The van der Waals surface area contributed by atoms with Crippen LogP contribution in [0.25, 0.3) is 6.08 Å². The number of carbonyl (C=O) groups is 2. The highest BCUT2D eigenvalue weighted by molar-refractivity contribution is 9.10. The molecule has 0 aliphatic carbocycles. The number of rotatable bonds is 10. The fourth-order valence-electron chi connectivity index (χ4n) is 3.38. The molecule has 2 aromatic carbocycles. The van der Waals surface area contributed by atoms with Gasteiger partial charge in [0.15, 0.2) is 18.1 Å². The second kappa shape index (κ2) is 12.8. The molecule has 0 fully saturated rings. The molecule has 1 amide bonds. The van der Waals surface area contributed by atoms with E-state index in [1.54, 1.807) is 24.3 Å². The monoisotopic (exact) mass is 566 g/mol. The van der Waals surface area contributed by atoms with Gasteiger partial charge in [-0.2, -0.15) is 5.26 Å². The Labute approximate surface area is 224 Å². The second-order valence-electron chi connectivity index (χ2n) is 8.40. The van der Waals surface area contributed by atoms with Crippen LogP contribution in [0.1, 0.15) is 42.2 Å². The molecule has 0 unspecified atom stereocenters. The van der Waals surface area contributed by atoms with E-state index in [4.69, 9.17) is 18.6 Å². The highest BCUT2D eigenvalue weighted by Crippen LogP contribution is 2.33. The third-order valence-corrected chi connectivity index (χ3v) is 6.20. The minimum Gasteiger partial charge on any atom is -0.493 e. The SMILES string of the molecule is COc1cc(/C=C(\C#N)C(=O)NCc2ccco2)ccc1OC(=O)COc1cc(C)c(Br)cc1C(C)C. The lowest BCUT2D eigenvalue weighted by Gasteiger charge is -2.16. The number of benzene rings is 2. The molecule has 0 aliphatic rings. The lowest BCUT2D eigenvalue weighted by atomic mass is 10.0. The van der Waals surface area contributed by atoms with Crippen LogP contribution in [0.15, 0.2) is 63.2 Å². The Morgan fingerprint density at radius 2 is 1.95 bits per heavy atom. The number of hydrogen-bond donors (Lipinski definition) is 1. The van der Waals surface area contributed by atoms with Gasteiger partial charge in [-0.15, -0.1) is 0 Å². The van der Waals surface area contributed by atoms with Crippen LogP contribution in [0.2, 0.25) is 0 Å². The highest BCUT2D eigenvalue weighted by Gasteiger charge is 2.16. The maximum absolute atomic E-state index is 12.5. The summed E-state index contributed by atoms with van der Waals surface area (Å²) in [6.45, 7) is 5.90. The summed E-state index contributed by atoms with van der Waals surface area (Å²) in [5.41, 5.74) is 2.38. The molecule has 8 nitrogen and oxygen atoms in total. The number of nitriles is 1. The summed E-state index contributed by atoms with van der Waals surface area (Å²) in [6.07, 6.45) is 2.91. The molecule has 0 radical (unpaired) electrons. The molecular formula is C28H27BrN2O6. The highest BCUT2D eigenvalue weighted by atomic mass is 79.9. The molecule has 0 bridgehead atoms. The smallest absolute Gasteiger partial charge is 0.349 e. The summed E-state index contributed by atoms with van der Waals surface area (Å²) in [7, 11) is 1.43. The number of halogens is 1. The van der Waals surface area contributed by atoms with Gasteiger partial charge in [-0.1, -0.05) is 35.8 Å². The lowest BCUT2D eigenvalue weighted by molar-refractivity contribution is -0.136. The molecule has 3 rings (SSSR count). The van der Waals surface area contributed by atoms with E-state index >= 15 is 0 Å². The number of amides is 1. The van der Waals surface area contributed by atoms with E-state index in [9.17, 15) is 14.9 Å². The number of furan rings is 1. The molecule has 3 aromatic rings. The van der Waals surface area contributed by atoms with Crippen LogP contribution in [0.4, 0.5) is 0 Å². The van der Waals surface area contributed by atoms with Gasteiger partial charge in [-0.25, -0.2) is 4.79 Å². The van der Waals surface area contributed by atoms with Gasteiger partial charge >= 0.3 is 5.97 Å². The largest absolute Gasteiger partial charge is 0.493 e. The van der Waals surface area contributed by atoms with Crippen LogP contribution in [-0.4, -0.2) is 25.6 Å². The van der Waals surface area contributed by atoms with Gasteiger partial charge in [0, 0.05) is 4.47 Å². The molecule has 0 spiro atoms. The topological polar surface area (TPSA) is 111 Å². The van der Waals surface area contributed by atoms with E-state index in [0.717, 1.165) is 15.6 Å². The lowest BCUT2D eigenvalue weighted by Crippen LogP contribution is -2.23. The molecule has 192 valence electrons. The van der Waals surface area contributed by atoms with Gasteiger partial charge in [0.25, 0.3) is 5.91 Å². The van der Waals surface area contributed by atoms with Gasteiger partial charge < -0.3 is 23.9 Å². The third-order valence-electron chi connectivity index (χ3n) is 5.35. The van der Waals surface area contributed by atoms with Crippen molar-refractivity contribution in [2.75, 3.05) is 13.7 Å². The quantitative estimate of drug-likeness (QED) is 0.145. The van der Waals surface area contributed by atoms with Crippen molar-refractivity contribution >= 4 is 33.9 Å². The first-order valence-corrected chi connectivity index (χ1v) is 12.2. The Morgan fingerprint density at radius 3 is 2.59 bits per heavy atom. The van der Waals surface area contributed by atoms with Crippen LogP contribution in [0.5, 0.6) is 17.2 Å². The first-order valence-electron chi connectivity index (χ1n) is 11.5. The van der Waals surface area contributed by atoms with Crippen molar-refractivity contribution in [3.8, 4) is 23.3 Å². The molecule has 0 saturated heterocycles. The average molecular weight is 567 g/mol. The van der Waals surface area contributed by atoms with Crippen LogP contribution >= 0.6 is 15.9 Å². The van der Waals surface area contributed by atoms with Gasteiger partial charge in [0.1, 0.15) is 23.2 Å². The molecule has 1 aromatic heterocycles. The maximum Gasteiger partial charge on any atom is 0.349 e. The molecule has 0 saturated carbocycles. The van der Waals surface area contributed by atoms with Gasteiger partial charge in [-0.05, 0) is 72.0 Å². The zero-order valence-corrected chi connectivity index (χ0v) is 22.5. The van der Waals surface area contributed by atoms with Crippen molar-refractivity contribution in [3.63, 3.8) is 0 Å². The fourth-order valence-corrected chi connectivity index (χ4v) is 3.75. The Kier molecular flexibility index (Phi) is 9.52. The molecule has 9 heteroatoms. The fraction of sp³-hybridized carbons (Fsp3) is 0.250. The molecule has 0 aliphatic heterocycles. The van der Waals surface area contributed by atoms with Crippen molar-refractivity contribution in [1.82, 2.24) is 5.32 Å². The third kappa shape index (κ3) is 7.48. The van der Waals surface area contributed by atoms with E-state index < -0.39 is 11.9 Å². The van der Waals surface area contributed by atoms with Gasteiger partial charge in [0.05, 0.1) is 19.9 Å². The minimum absolute atomic E-state index is 0.0995. The first-order chi connectivity index (χ1) is 17.7. The van der Waals surface area contributed by atoms with Crippen molar-refractivity contribution in [1.29, 1.82) is 5.26 Å². The summed E-state index contributed by atoms with van der Waals surface area (Å²) in [5.74, 6) is 0.686. The van der Waals surface area contributed by atoms with Crippen LogP contribution in [0.3, 0.4) is 0 Å². The van der Waals surface area contributed by atoms with E-state index in [1.165, 1.54) is 25.5 Å². The zero-order valence-electron chi connectivity index (χ0n) is 21.0. The van der Waals surface area contributed by atoms with Crippen molar-refractivity contribution in [2.45, 2.75) is 33.2 Å². The Balaban J connectivity index is 1.68. The second-order valence-corrected chi connectivity index (χ2v) is 9.25. The van der Waals surface area contributed by atoms with Gasteiger partial charge in [0.2, 0.25) is 0 Å². The molecule has 1 N–H and O–H groups in total. The molecule has 0 atom stereocenters. The number of methoxy groups -OCH3 is 1. The summed E-state index contributed by atoms with van der Waals surface area (Å²) >= 11 is 3.53. The number of carbonyl (C=O) groups excluding carboxylic acids is 2. The molecule has 37 heavy (non-hydrogen) atoms. The molecular weight excluding hydrogens is 540 g/mol. The standard InChI is InChI=1S/C28H27BrN2O6/c1-17(2)22-13-23(29)18(3)10-25(22)36-16-27(32)37-24-8-7-19(12-26(24)34-4)11-20(14-30)28(33)31-15-21-6-5-9-35-21/h5-13,17H,15-16H2,1-4H3,(H,31,33)/b20-11+. The predicted molar refractivity (Wildman–Crippen MR) is 141 cm³/mol. The van der Waals surface area contributed by atoms with E-state index in [0.29, 0.717) is 17.1 Å². The van der Waals surface area contributed by atoms with Gasteiger partial charge in [-0.3, -0.25) is 4.79 Å². The Bertz CT molecular complexity index is 1340. The molecule has 1 heterocycles. The summed E-state index contributed by atoms with van der Waals surface area (Å²) in [4.78, 5) is 24.9. The normalized spacial score (nSPS) is 11.1. The zero-order chi connectivity index (χ0) is 26.9. The van der Waals surface area contributed by atoms with Crippen LogP contribution < -0.4 is 19.5 Å². The number of aryl methyl sites for hydroxylation is 1. The number of nitrogens with one attached hydrogen (secondary N) is 1. The number of hydrogen-bond acceptors (Lipinski definition) is 7. The van der Waals surface area contributed by atoms with E-state index in [-0.39, 0.29) is 36.1 Å². The van der Waals surface area contributed by atoms with Crippen molar-refractivity contribution in [3.05, 3.63) is 81.2 Å². The number of esters is 1. The van der Waals surface area contributed by atoms with Crippen LogP contribution in [-0.2, 0) is 16.1 Å². The number of nitrogens with zero attached hydrogens (tertiary/aromatic N) is 1. The Morgan fingerprint density at radius 1 is 1.16 bits per heavy atom. The maximum atomic E-state index is 12.5. The first kappa shape index (κ1) is 27.6. The van der Waals surface area contributed by atoms with Crippen molar-refractivity contribution in [2.24, 2.45) is 0 Å². The summed E-state index contributed by atoms with van der Waals surface area (Å²) < 4.78 is 22.7. The van der Waals surface area contributed by atoms with Crippen molar-refractivity contribution < 1.29 is 28.2 Å². The van der Waals surface area contributed by atoms with E-state index in [2.05, 4.69) is 21.2 Å². The summed E-state index contributed by atoms with van der Waals surface area (Å²) in [5, 5.41) is 12.1. The average Bonchev–Trinajstić information content (AvgIpc) is 3.40. The van der Waals surface area contributed by atoms with E-state index in [1.807, 2.05) is 39.0 Å². The summed E-state index contributed by atoms with van der Waals surface area (Å²) in [6, 6.07) is 13.9. The minimum atomic E-state index is -0.605. The Hall–Kier alpha value is -4.03. The predicted octanol–water partition coefficient (Wildman–Crippen LogP) is 5.69.